The lowest BCUT2D eigenvalue weighted by atomic mass is 10.2. The second-order valence-electron chi connectivity index (χ2n) is 4.50. The van der Waals surface area contributed by atoms with E-state index in [1.54, 1.807) is 25.1 Å². The van der Waals surface area contributed by atoms with Crippen molar-refractivity contribution in [3.63, 3.8) is 0 Å². The summed E-state index contributed by atoms with van der Waals surface area (Å²) >= 11 is 0. The molecule has 0 fully saturated rings. The molecule has 0 aromatic heterocycles. The number of ether oxygens (including phenoxy) is 2. The van der Waals surface area contributed by atoms with Crippen LogP contribution in [0, 0.1) is 5.92 Å². The van der Waals surface area contributed by atoms with Gasteiger partial charge in [0.05, 0.1) is 20.8 Å². The molecule has 8 heteroatoms. The first kappa shape index (κ1) is 20.0. The Morgan fingerprint density at radius 2 is 1.73 bits per heavy atom. The number of nitrogens with one attached hydrogen (secondary N) is 2. The number of halogens is 1. The van der Waals surface area contributed by atoms with Crippen LogP contribution < -0.4 is 25.8 Å². The van der Waals surface area contributed by atoms with Gasteiger partial charge in [-0.25, -0.2) is 0 Å². The van der Waals surface area contributed by atoms with Crippen LogP contribution in [0.1, 0.15) is 6.92 Å². The van der Waals surface area contributed by atoms with Crippen molar-refractivity contribution in [2.45, 2.75) is 6.92 Å². The zero-order valence-corrected chi connectivity index (χ0v) is 13.7. The molecule has 1 atom stereocenters. The first-order valence-electron chi connectivity index (χ1n) is 6.50. The molecule has 0 saturated heterocycles. The van der Waals surface area contributed by atoms with Crippen molar-refractivity contribution in [3.05, 3.63) is 18.2 Å². The molecule has 0 saturated carbocycles. The molecule has 1 aromatic rings. The molecular weight excluding hydrogens is 310 g/mol. The van der Waals surface area contributed by atoms with E-state index in [0.29, 0.717) is 17.2 Å². The molecule has 0 aliphatic rings. The van der Waals surface area contributed by atoms with Gasteiger partial charge in [0.15, 0.2) is 0 Å². The normalized spacial score (nSPS) is 10.9. The SMILES string of the molecule is COc1cc(NC(=O)CNC(=O)C(C)CN)cc(OC)c1.Cl. The van der Waals surface area contributed by atoms with E-state index in [0.717, 1.165) is 0 Å². The van der Waals surface area contributed by atoms with Crippen LogP contribution in [0.25, 0.3) is 0 Å². The van der Waals surface area contributed by atoms with Crippen molar-refractivity contribution in [2.75, 3.05) is 32.6 Å². The summed E-state index contributed by atoms with van der Waals surface area (Å²) in [4.78, 5) is 23.3. The Balaban J connectivity index is 0.00000441. The Hall–Kier alpha value is -1.99. The van der Waals surface area contributed by atoms with Crippen LogP contribution in [0.4, 0.5) is 5.69 Å². The van der Waals surface area contributed by atoms with Crippen molar-refractivity contribution >= 4 is 29.9 Å². The number of anilines is 1. The van der Waals surface area contributed by atoms with Crippen molar-refractivity contribution in [1.29, 1.82) is 0 Å². The highest BCUT2D eigenvalue weighted by atomic mass is 35.5. The van der Waals surface area contributed by atoms with Crippen LogP contribution in [-0.2, 0) is 9.59 Å². The quantitative estimate of drug-likeness (QED) is 0.685. The topological polar surface area (TPSA) is 103 Å². The Kier molecular flexibility index (Phi) is 8.97. The highest BCUT2D eigenvalue weighted by Crippen LogP contribution is 2.25. The average Bonchev–Trinajstić information content (AvgIpc) is 2.51. The van der Waals surface area contributed by atoms with Gasteiger partial charge in [-0.3, -0.25) is 9.59 Å². The number of rotatable bonds is 7. The molecule has 0 radical (unpaired) electrons. The number of amides is 2. The summed E-state index contributed by atoms with van der Waals surface area (Å²) in [6, 6.07) is 5.01. The summed E-state index contributed by atoms with van der Waals surface area (Å²) in [5.74, 6) is 0.198. The van der Waals surface area contributed by atoms with Crippen LogP contribution in [0.2, 0.25) is 0 Å². The molecule has 1 aromatic carbocycles. The van der Waals surface area contributed by atoms with Crippen LogP contribution in [0.15, 0.2) is 18.2 Å². The summed E-state index contributed by atoms with van der Waals surface area (Å²) in [6.45, 7) is 1.81. The summed E-state index contributed by atoms with van der Waals surface area (Å²) in [6.07, 6.45) is 0. The van der Waals surface area contributed by atoms with Gasteiger partial charge in [-0.15, -0.1) is 12.4 Å². The molecule has 0 aliphatic heterocycles. The second-order valence-corrected chi connectivity index (χ2v) is 4.50. The van der Waals surface area contributed by atoms with Gasteiger partial charge in [0, 0.05) is 36.3 Å². The minimum absolute atomic E-state index is 0. The van der Waals surface area contributed by atoms with Gasteiger partial charge in [0.1, 0.15) is 11.5 Å². The van der Waals surface area contributed by atoms with Gasteiger partial charge >= 0.3 is 0 Å². The number of carbonyl (C=O) groups is 2. The minimum atomic E-state index is -0.345. The summed E-state index contributed by atoms with van der Waals surface area (Å²) in [5.41, 5.74) is 5.90. The van der Waals surface area contributed by atoms with Gasteiger partial charge in [-0.2, -0.15) is 0 Å². The van der Waals surface area contributed by atoms with E-state index in [2.05, 4.69) is 10.6 Å². The molecule has 0 spiro atoms. The smallest absolute Gasteiger partial charge is 0.243 e. The van der Waals surface area contributed by atoms with Crippen LogP contribution in [-0.4, -0.2) is 39.1 Å². The molecule has 1 rings (SSSR count). The fourth-order valence-electron chi connectivity index (χ4n) is 1.53. The molecule has 7 nitrogen and oxygen atoms in total. The van der Waals surface area contributed by atoms with Crippen molar-refractivity contribution in [3.8, 4) is 11.5 Å². The van der Waals surface area contributed by atoms with Crippen LogP contribution >= 0.6 is 12.4 Å². The fourth-order valence-corrected chi connectivity index (χ4v) is 1.53. The highest BCUT2D eigenvalue weighted by Gasteiger charge is 2.12. The summed E-state index contributed by atoms with van der Waals surface area (Å²) in [5, 5.41) is 5.18. The number of hydrogen-bond donors (Lipinski definition) is 3. The van der Waals surface area contributed by atoms with Gasteiger partial charge in [0.2, 0.25) is 11.8 Å². The highest BCUT2D eigenvalue weighted by molar-refractivity contribution is 5.95. The zero-order chi connectivity index (χ0) is 15.8. The molecule has 124 valence electrons. The van der Waals surface area contributed by atoms with Crippen molar-refractivity contribution in [1.82, 2.24) is 5.32 Å². The van der Waals surface area contributed by atoms with Gasteiger partial charge in [0.25, 0.3) is 0 Å². The number of nitrogens with two attached hydrogens (primary N) is 1. The van der Waals surface area contributed by atoms with Gasteiger partial charge in [-0.1, -0.05) is 6.92 Å². The number of carbonyl (C=O) groups excluding carboxylic acids is 2. The Morgan fingerprint density at radius 3 is 2.18 bits per heavy atom. The molecule has 2 amide bonds. The van der Waals surface area contributed by atoms with Crippen LogP contribution in [0.3, 0.4) is 0 Å². The van der Waals surface area contributed by atoms with E-state index in [1.807, 2.05) is 0 Å². The Morgan fingerprint density at radius 1 is 1.18 bits per heavy atom. The molecular formula is C14H22ClN3O4. The predicted molar refractivity (Wildman–Crippen MR) is 86.7 cm³/mol. The second kappa shape index (κ2) is 9.86. The lowest BCUT2D eigenvalue weighted by molar-refractivity contribution is -0.126. The maximum atomic E-state index is 11.8. The van der Waals surface area contributed by atoms with E-state index < -0.39 is 0 Å². The van der Waals surface area contributed by atoms with E-state index in [9.17, 15) is 9.59 Å². The lowest BCUT2D eigenvalue weighted by Crippen LogP contribution is -2.38. The molecule has 1 unspecified atom stereocenters. The van der Waals surface area contributed by atoms with Crippen molar-refractivity contribution < 1.29 is 19.1 Å². The number of benzene rings is 1. The molecule has 0 aliphatic carbocycles. The summed E-state index contributed by atoms with van der Waals surface area (Å²) in [7, 11) is 3.05. The third-order valence-corrected chi connectivity index (χ3v) is 2.86. The van der Waals surface area contributed by atoms with E-state index in [1.165, 1.54) is 14.2 Å². The largest absolute Gasteiger partial charge is 0.497 e. The Bertz CT molecular complexity index is 489. The fraction of sp³-hybridized carbons (Fsp3) is 0.429. The Labute approximate surface area is 135 Å². The predicted octanol–water partition coefficient (Wildman–Crippen LogP) is 0.775. The number of hydrogen-bond acceptors (Lipinski definition) is 5. The third kappa shape index (κ3) is 6.19. The van der Waals surface area contributed by atoms with Crippen molar-refractivity contribution in [2.24, 2.45) is 11.7 Å². The minimum Gasteiger partial charge on any atom is -0.497 e. The monoisotopic (exact) mass is 331 g/mol. The maximum absolute atomic E-state index is 11.8. The zero-order valence-electron chi connectivity index (χ0n) is 12.8. The average molecular weight is 332 g/mol. The molecule has 0 heterocycles. The van der Waals surface area contributed by atoms with E-state index in [-0.39, 0.29) is 43.2 Å². The third-order valence-electron chi connectivity index (χ3n) is 2.86. The maximum Gasteiger partial charge on any atom is 0.243 e. The van der Waals surface area contributed by atoms with Gasteiger partial charge in [-0.05, 0) is 0 Å². The molecule has 4 N–H and O–H groups in total. The summed E-state index contributed by atoms with van der Waals surface area (Å²) < 4.78 is 10.2. The first-order valence-corrected chi connectivity index (χ1v) is 6.50. The lowest BCUT2D eigenvalue weighted by Gasteiger charge is -2.12. The standard InChI is InChI=1S/C14H21N3O4.ClH/c1-9(7-15)14(19)16-8-13(18)17-10-4-11(20-2)6-12(5-10)21-3;/h4-6,9H,7-8,15H2,1-3H3,(H,16,19)(H,17,18);1H. The molecule has 22 heavy (non-hydrogen) atoms. The van der Waals surface area contributed by atoms with Crippen LogP contribution in [0.5, 0.6) is 11.5 Å². The van der Waals surface area contributed by atoms with E-state index >= 15 is 0 Å². The van der Waals surface area contributed by atoms with E-state index in [4.69, 9.17) is 15.2 Å². The number of methoxy groups -OCH3 is 2. The van der Waals surface area contributed by atoms with Gasteiger partial charge < -0.3 is 25.8 Å². The molecule has 0 bridgehead atoms. The first-order chi connectivity index (χ1) is 9.99.